The molecule has 0 unspecified atom stereocenters. The summed E-state index contributed by atoms with van der Waals surface area (Å²) >= 11 is 2.22. The molecule has 0 saturated heterocycles. The molecule has 0 aliphatic carbocycles. The van der Waals surface area contributed by atoms with E-state index < -0.39 is 0 Å². The number of aryl methyl sites for hydroxylation is 1. The average Bonchev–Trinajstić information content (AvgIpc) is 3.08. The lowest BCUT2D eigenvalue weighted by atomic mass is 10.1. The van der Waals surface area contributed by atoms with Gasteiger partial charge < -0.3 is 9.30 Å². The van der Waals surface area contributed by atoms with Gasteiger partial charge in [-0.1, -0.05) is 24.3 Å². The molecule has 0 aliphatic rings. The van der Waals surface area contributed by atoms with Crippen molar-refractivity contribution in [3.63, 3.8) is 0 Å². The fraction of sp³-hybridized carbons (Fsp3) is 0.111. The van der Waals surface area contributed by atoms with Gasteiger partial charge in [-0.25, -0.2) is 4.98 Å². The third kappa shape index (κ3) is 3.74. The Labute approximate surface area is 205 Å². The monoisotopic (exact) mass is 547 g/mol. The van der Waals surface area contributed by atoms with E-state index in [2.05, 4.69) is 59.3 Å². The van der Waals surface area contributed by atoms with Crippen LogP contribution in [0.3, 0.4) is 0 Å². The molecule has 0 radical (unpaired) electrons. The van der Waals surface area contributed by atoms with Gasteiger partial charge in [0.2, 0.25) is 0 Å². The summed E-state index contributed by atoms with van der Waals surface area (Å²) in [7, 11) is 3.68. The number of hydrogen-bond donors (Lipinski definition) is 0. The fourth-order valence-electron chi connectivity index (χ4n) is 4.20. The van der Waals surface area contributed by atoms with Crippen LogP contribution in [0.1, 0.15) is 17.1 Å². The van der Waals surface area contributed by atoms with E-state index in [4.69, 9.17) is 9.72 Å². The molecule has 5 nitrogen and oxygen atoms in total. The van der Waals surface area contributed by atoms with Crippen molar-refractivity contribution in [1.82, 2.24) is 14.1 Å². The number of benzene rings is 3. The lowest BCUT2D eigenvalue weighted by molar-refractivity contribution is 0.414. The van der Waals surface area contributed by atoms with E-state index in [1.807, 2.05) is 60.7 Å². The molecular formula is C27H22IN3O2. The maximum Gasteiger partial charge on any atom is 0.266 e. The molecule has 5 aromatic rings. The summed E-state index contributed by atoms with van der Waals surface area (Å²) in [5.74, 6) is 1.25. The van der Waals surface area contributed by atoms with Crippen LogP contribution in [0.25, 0.3) is 39.6 Å². The van der Waals surface area contributed by atoms with Crippen molar-refractivity contribution in [3.8, 4) is 11.4 Å². The summed E-state index contributed by atoms with van der Waals surface area (Å²) in [5.41, 5.74) is 4.71. The molecule has 0 saturated carbocycles. The van der Waals surface area contributed by atoms with Crippen molar-refractivity contribution in [1.29, 1.82) is 0 Å². The summed E-state index contributed by atoms with van der Waals surface area (Å²) in [6, 6.07) is 21.5. The van der Waals surface area contributed by atoms with Crippen LogP contribution in [0.15, 0.2) is 71.5 Å². The molecule has 2 aromatic heterocycles. The molecule has 3 aromatic carbocycles. The first kappa shape index (κ1) is 21.5. The van der Waals surface area contributed by atoms with Crippen LogP contribution in [0.5, 0.6) is 5.75 Å². The predicted molar refractivity (Wildman–Crippen MR) is 143 cm³/mol. The number of fused-ring (bicyclic) bond motifs is 2. The highest BCUT2D eigenvalue weighted by Crippen LogP contribution is 2.27. The van der Waals surface area contributed by atoms with E-state index in [1.165, 1.54) is 10.9 Å². The van der Waals surface area contributed by atoms with Crippen molar-refractivity contribution < 1.29 is 4.74 Å². The van der Waals surface area contributed by atoms with Crippen molar-refractivity contribution in [2.24, 2.45) is 7.05 Å². The van der Waals surface area contributed by atoms with Crippen LogP contribution in [-0.4, -0.2) is 21.2 Å². The van der Waals surface area contributed by atoms with Gasteiger partial charge >= 0.3 is 0 Å². The molecule has 0 bridgehead atoms. The second-order valence-corrected chi connectivity index (χ2v) is 9.13. The van der Waals surface area contributed by atoms with Crippen LogP contribution in [0.2, 0.25) is 0 Å². The molecule has 33 heavy (non-hydrogen) atoms. The number of nitrogens with zero attached hydrogens (tertiary/aromatic N) is 3. The summed E-state index contributed by atoms with van der Waals surface area (Å²) in [5, 5.41) is 1.75. The van der Waals surface area contributed by atoms with Crippen molar-refractivity contribution in [2.45, 2.75) is 6.92 Å². The molecule has 0 N–H and O–H groups in total. The standard InChI is InChI=1S/C27H22IN3O2/c1-17-21(22-9-4-5-10-25(22)30(17)2)12-14-26-29-24-13-11-18(28)15-23(24)27(32)31(26)19-7-6-8-20(16-19)33-3/h4-16H,1-3H3. The van der Waals surface area contributed by atoms with Gasteiger partial charge in [-0.15, -0.1) is 0 Å². The molecule has 0 fully saturated rings. The van der Waals surface area contributed by atoms with Crippen LogP contribution in [0, 0.1) is 10.5 Å². The molecule has 164 valence electrons. The van der Waals surface area contributed by atoms with Crippen molar-refractivity contribution in [2.75, 3.05) is 7.11 Å². The number of aromatic nitrogens is 3. The summed E-state index contributed by atoms with van der Waals surface area (Å²) in [6.07, 6.45) is 3.97. The maximum absolute atomic E-state index is 13.6. The first-order chi connectivity index (χ1) is 16.0. The van der Waals surface area contributed by atoms with E-state index in [0.29, 0.717) is 28.2 Å². The van der Waals surface area contributed by atoms with Crippen LogP contribution in [0.4, 0.5) is 0 Å². The largest absolute Gasteiger partial charge is 0.497 e. The van der Waals surface area contributed by atoms with Crippen LogP contribution >= 0.6 is 22.6 Å². The number of para-hydroxylation sites is 1. The Morgan fingerprint density at radius 3 is 2.61 bits per heavy atom. The van der Waals surface area contributed by atoms with Gasteiger partial charge in [0.05, 0.1) is 23.7 Å². The van der Waals surface area contributed by atoms with Gasteiger partial charge in [-0.3, -0.25) is 9.36 Å². The highest BCUT2D eigenvalue weighted by Gasteiger charge is 2.14. The zero-order chi connectivity index (χ0) is 23.1. The van der Waals surface area contributed by atoms with Crippen molar-refractivity contribution >= 4 is 56.5 Å². The molecule has 0 amide bonds. The Bertz CT molecular complexity index is 1610. The zero-order valence-electron chi connectivity index (χ0n) is 18.5. The van der Waals surface area contributed by atoms with Gasteiger partial charge in [-0.2, -0.15) is 0 Å². The fourth-order valence-corrected chi connectivity index (χ4v) is 4.70. The molecule has 0 atom stereocenters. The highest BCUT2D eigenvalue weighted by atomic mass is 127. The number of methoxy groups -OCH3 is 1. The third-order valence-electron chi connectivity index (χ3n) is 6.02. The van der Waals surface area contributed by atoms with Crippen molar-refractivity contribution in [3.05, 3.63) is 97.7 Å². The minimum Gasteiger partial charge on any atom is -0.497 e. The Morgan fingerprint density at radius 1 is 0.970 bits per heavy atom. The smallest absolute Gasteiger partial charge is 0.266 e. The van der Waals surface area contributed by atoms with E-state index in [1.54, 1.807) is 11.7 Å². The number of halogens is 1. The lowest BCUT2D eigenvalue weighted by Gasteiger charge is -2.12. The molecule has 0 spiro atoms. The second-order valence-electron chi connectivity index (χ2n) is 7.88. The Balaban J connectivity index is 1.77. The Kier molecular flexibility index (Phi) is 5.54. The van der Waals surface area contributed by atoms with E-state index >= 15 is 0 Å². The minimum absolute atomic E-state index is 0.110. The summed E-state index contributed by atoms with van der Waals surface area (Å²) in [4.78, 5) is 18.5. The maximum atomic E-state index is 13.6. The molecule has 6 heteroatoms. The van der Waals surface area contributed by atoms with Crippen LogP contribution in [-0.2, 0) is 7.05 Å². The Hall–Kier alpha value is -3.39. The predicted octanol–water partition coefficient (Wildman–Crippen LogP) is 5.97. The summed E-state index contributed by atoms with van der Waals surface area (Å²) in [6.45, 7) is 2.10. The number of ether oxygens (including phenoxy) is 1. The van der Waals surface area contributed by atoms with Gasteiger partial charge in [0.25, 0.3) is 5.56 Å². The van der Waals surface area contributed by atoms with Gasteiger partial charge in [0.1, 0.15) is 11.6 Å². The molecule has 5 rings (SSSR count). The van der Waals surface area contributed by atoms with Gasteiger partial charge in [-0.05, 0) is 78.1 Å². The SMILES string of the molecule is COc1cccc(-n2c(C=Cc3c(C)n(C)c4ccccc34)nc3ccc(I)cc3c2=O)c1. The van der Waals surface area contributed by atoms with E-state index in [-0.39, 0.29) is 5.56 Å². The third-order valence-corrected chi connectivity index (χ3v) is 6.69. The summed E-state index contributed by atoms with van der Waals surface area (Å²) < 4.78 is 10.2. The van der Waals surface area contributed by atoms with Gasteiger partial charge in [0.15, 0.2) is 0 Å². The molecule has 2 heterocycles. The lowest BCUT2D eigenvalue weighted by Crippen LogP contribution is -2.22. The van der Waals surface area contributed by atoms with E-state index in [9.17, 15) is 4.79 Å². The number of rotatable bonds is 4. The average molecular weight is 547 g/mol. The van der Waals surface area contributed by atoms with Gasteiger partial charge in [0, 0.05) is 38.8 Å². The quantitative estimate of drug-likeness (QED) is 0.261. The zero-order valence-corrected chi connectivity index (χ0v) is 20.7. The topological polar surface area (TPSA) is 49.0 Å². The Morgan fingerprint density at radius 2 is 1.79 bits per heavy atom. The molecular weight excluding hydrogens is 525 g/mol. The van der Waals surface area contributed by atoms with E-state index in [0.717, 1.165) is 14.8 Å². The second kappa shape index (κ2) is 8.51. The minimum atomic E-state index is -0.110. The number of hydrogen-bond acceptors (Lipinski definition) is 3. The normalized spacial score (nSPS) is 11.6. The first-order valence-electron chi connectivity index (χ1n) is 10.6. The van der Waals surface area contributed by atoms with Crippen LogP contribution < -0.4 is 10.3 Å². The molecule has 0 aliphatic heterocycles. The highest BCUT2D eigenvalue weighted by molar-refractivity contribution is 14.1. The first-order valence-corrected chi connectivity index (χ1v) is 11.6.